The van der Waals surface area contributed by atoms with Gasteiger partial charge in [0.05, 0.1) is 28.4 Å². The summed E-state index contributed by atoms with van der Waals surface area (Å²) in [6.45, 7) is 6.08. The summed E-state index contributed by atoms with van der Waals surface area (Å²) < 4.78 is 31.0. The molecule has 1 aromatic carbocycles. The third-order valence-electron chi connectivity index (χ3n) is 7.97. The van der Waals surface area contributed by atoms with Gasteiger partial charge in [0.25, 0.3) is 10.1 Å². The van der Waals surface area contributed by atoms with Crippen LogP contribution in [-0.2, 0) is 32.7 Å². The van der Waals surface area contributed by atoms with E-state index in [2.05, 4.69) is 21.7 Å². The number of rotatable bonds is 5. The van der Waals surface area contributed by atoms with Crippen molar-refractivity contribution in [1.82, 2.24) is 4.90 Å². The number of carbonyl (C=O) groups is 2. The van der Waals surface area contributed by atoms with Gasteiger partial charge in [-0.25, -0.2) is 0 Å². The average molecular weight is 539 g/mol. The molecule has 2 saturated carbocycles. The molecule has 3 aliphatic rings. The zero-order chi connectivity index (χ0) is 25.4. The molecule has 190 valence electrons. The average Bonchev–Trinajstić information content (AvgIpc) is 3.37. The number of amides is 1. The molecule has 2 N–H and O–H groups in total. The highest BCUT2D eigenvalue weighted by Gasteiger charge is 2.65. The Kier molecular flexibility index (Phi) is 7.46. The quantitative estimate of drug-likeness (QED) is 0.536. The Morgan fingerprint density at radius 1 is 1.29 bits per heavy atom. The van der Waals surface area contributed by atoms with E-state index in [-0.39, 0.29) is 23.0 Å². The van der Waals surface area contributed by atoms with Crippen molar-refractivity contribution in [2.75, 3.05) is 24.2 Å². The predicted molar refractivity (Wildman–Crippen MR) is 138 cm³/mol. The fourth-order valence-electron chi connectivity index (χ4n) is 5.82. The maximum Gasteiger partial charge on any atom is 0.265 e. The summed E-state index contributed by atoms with van der Waals surface area (Å²) in [6.07, 6.45) is 3.01. The number of thiophene rings is 1. The molecular formula is C25H31ClN2O5S2. The smallest absolute Gasteiger partial charge is 0.265 e. The molecule has 2 fully saturated rings. The number of halogens is 1. The van der Waals surface area contributed by atoms with Gasteiger partial charge < -0.3 is 5.32 Å². The molecular weight excluding hydrogens is 508 g/mol. The van der Waals surface area contributed by atoms with Gasteiger partial charge in [0, 0.05) is 24.4 Å². The molecule has 1 unspecified atom stereocenters. The van der Waals surface area contributed by atoms with Crippen LogP contribution in [0.4, 0.5) is 5.69 Å². The van der Waals surface area contributed by atoms with E-state index >= 15 is 0 Å². The SMILES string of the molecule is CC1(C)C2CC[C@@]1(CS(=O)(=O)O)C(=O)C2.O=C(CN1CCc2sccc2C1)Nc1ccccc1Cl. The van der Waals surface area contributed by atoms with Gasteiger partial charge in [-0.05, 0) is 59.7 Å². The van der Waals surface area contributed by atoms with E-state index in [1.165, 1.54) is 10.4 Å². The number of nitrogens with one attached hydrogen (secondary N) is 1. The Morgan fingerprint density at radius 2 is 2.03 bits per heavy atom. The summed E-state index contributed by atoms with van der Waals surface area (Å²) in [5.41, 5.74) is 0.907. The van der Waals surface area contributed by atoms with E-state index in [0.29, 0.717) is 30.1 Å². The van der Waals surface area contributed by atoms with Gasteiger partial charge in [-0.1, -0.05) is 37.6 Å². The number of hydrogen-bond donors (Lipinski definition) is 2. The van der Waals surface area contributed by atoms with Crippen molar-refractivity contribution >= 4 is 50.4 Å². The van der Waals surface area contributed by atoms with Crippen LogP contribution < -0.4 is 5.32 Å². The Morgan fingerprint density at radius 3 is 2.66 bits per heavy atom. The molecule has 1 aliphatic heterocycles. The Hall–Kier alpha value is -1.78. The van der Waals surface area contributed by atoms with Crippen LogP contribution in [0.1, 0.15) is 43.6 Å². The second-order valence-corrected chi connectivity index (χ2v) is 13.1. The minimum absolute atomic E-state index is 0.0152. The normalized spacial score (nSPS) is 25.0. The lowest BCUT2D eigenvalue weighted by Gasteiger charge is -2.35. The topological polar surface area (TPSA) is 104 Å². The van der Waals surface area contributed by atoms with Crippen molar-refractivity contribution < 1.29 is 22.6 Å². The van der Waals surface area contributed by atoms with Crippen molar-refractivity contribution in [2.24, 2.45) is 16.7 Å². The molecule has 2 heterocycles. The number of nitrogens with zero attached hydrogens (tertiary/aromatic N) is 1. The summed E-state index contributed by atoms with van der Waals surface area (Å²) in [5, 5.41) is 5.56. The zero-order valence-corrected chi connectivity index (χ0v) is 22.3. The van der Waals surface area contributed by atoms with E-state index < -0.39 is 21.3 Å². The van der Waals surface area contributed by atoms with Crippen molar-refractivity contribution in [3.8, 4) is 0 Å². The first kappa shape index (κ1) is 26.3. The molecule has 5 rings (SSSR count). The van der Waals surface area contributed by atoms with Gasteiger partial charge >= 0.3 is 0 Å². The standard InChI is InChI=1S/C15H15ClN2OS.C10H16O4S/c16-12-3-1-2-4-13(12)17-15(19)10-18-7-5-14-11(9-18)6-8-20-14;1-9(2)7-3-4-10(9,8(11)5-7)6-15(12,13)14/h1-4,6,8H,5,7,9-10H2,(H,17,19);7H,3-6H2,1-2H3,(H,12,13,14)/t;7?,10-/m.1/s1. The van der Waals surface area contributed by atoms with Gasteiger partial charge in [0.15, 0.2) is 0 Å². The van der Waals surface area contributed by atoms with E-state index in [9.17, 15) is 18.0 Å². The molecule has 35 heavy (non-hydrogen) atoms. The van der Waals surface area contributed by atoms with Crippen LogP contribution in [0.15, 0.2) is 35.7 Å². The van der Waals surface area contributed by atoms with Gasteiger partial charge in [-0.2, -0.15) is 8.42 Å². The van der Waals surface area contributed by atoms with Crippen LogP contribution in [0.5, 0.6) is 0 Å². The zero-order valence-electron chi connectivity index (χ0n) is 19.9. The first-order valence-corrected chi connectivity index (χ1v) is 14.6. The predicted octanol–water partition coefficient (Wildman–Crippen LogP) is 4.67. The lowest BCUT2D eigenvalue weighted by atomic mass is 9.70. The van der Waals surface area contributed by atoms with E-state index in [0.717, 1.165) is 25.9 Å². The largest absolute Gasteiger partial charge is 0.324 e. The molecule has 7 nitrogen and oxygen atoms in total. The maximum absolute atomic E-state index is 12.1. The van der Waals surface area contributed by atoms with Crippen molar-refractivity contribution in [1.29, 1.82) is 0 Å². The minimum Gasteiger partial charge on any atom is -0.324 e. The number of ketones is 1. The summed E-state index contributed by atoms with van der Waals surface area (Å²) >= 11 is 7.84. The summed E-state index contributed by atoms with van der Waals surface area (Å²) in [5.74, 6) is -0.118. The Balaban J connectivity index is 0.000000172. The third-order valence-corrected chi connectivity index (χ3v) is 10.2. The fraction of sp³-hybridized carbons (Fsp3) is 0.520. The van der Waals surface area contributed by atoms with E-state index in [1.807, 2.05) is 32.0 Å². The highest BCUT2D eigenvalue weighted by Crippen LogP contribution is 2.64. The van der Waals surface area contributed by atoms with Crippen molar-refractivity contribution in [3.63, 3.8) is 0 Å². The second-order valence-electron chi connectivity index (χ2n) is 10.3. The Bertz CT molecular complexity index is 1230. The highest BCUT2D eigenvalue weighted by atomic mass is 35.5. The van der Waals surface area contributed by atoms with Gasteiger partial charge in [0.1, 0.15) is 5.78 Å². The number of anilines is 1. The van der Waals surface area contributed by atoms with Crippen LogP contribution in [0.2, 0.25) is 5.02 Å². The molecule has 10 heteroatoms. The van der Waals surface area contributed by atoms with Gasteiger partial charge in [-0.3, -0.25) is 19.0 Å². The van der Waals surface area contributed by atoms with Crippen LogP contribution in [0, 0.1) is 16.7 Å². The second kappa shape index (κ2) is 9.94. The van der Waals surface area contributed by atoms with Crippen molar-refractivity contribution in [3.05, 3.63) is 51.2 Å². The third kappa shape index (κ3) is 5.49. The Labute approximate surface area is 215 Å². The number of benzene rings is 1. The summed E-state index contributed by atoms with van der Waals surface area (Å²) in [6, 6.07) is 9.45. The number of fused-ring (bicyclic) bond motifs is 3. The molecule has 0 radical (unpaired) electrons. The molecule has 0 spiro atoms. The maximum atomic E-state index is 12.1. The molecule has 0 saturated heterocycles. The van der Waals surface area contributed by atoms with E-state index in [4.69, 9.17) is 16.2 Å². The lowest BCUT2D eigenvalue weighted by molar-refractivity contribution is -0.128. The number of para-hydroxylation sites is 1. The van der Waals surface area contributed by atoms with Gasteiger partial charge in [-0.15, -0.1) is 11.3 Å². The van der Waals surface area contributed by atoms with E-state index in [1.54, 1.807) is 17.4 Å². The van der Waals surface area contributed by atoms with Crippen LogP contribution in [-0.4, -0.2) is 48.4 Å². The fourth-order valence-corrected chi connectivity index (χ4v) is 8.19. The van der Waals surface area contributed by atoms with Gasteiger partial charge in [0.2, 0.25) is 5.91 Å². The monoisotopic (exact) mass is 538 g/mol. The number of hydrogen-bond acceptors (Lipinski definition) is 6. The lowest BCUT2D eigenvalue weighted by Crippen LogP contribution is -2.42. The highest BCUT2D eigenvalue weighted by molar-refractivity contribution is 7.85. The molecule has 2 aliphatic carbocycles. The molecule has 2 atom stereocenters. The van der Waals surface area contributed by atoms with Crippen LogP contribution >= 0.6 is 22.9 Å². The van der Waals surface area contributed by atoms with Crippen LogP contribution in [0.3, 0.4) is 0 Å². The minimum atomic E-state index is -4.08. The molecule has 1 amide bonds. The summed E-state index contributed by atoms with van der Waals surface area (Å²) in [4.78, 5) is 27.6. The summed E-state index contributed by atoms with van der Waals surface area (Å²) in [7, 11) is -4.08. The van der Waals surface area contributed by atoms with Crippen molar-refractivity contribution in [2.45, 2.75) is 46.1 Å². The molecule has 1 aromatic heterocycles. The van der Waals surface area contributed by atoms with Crippen LogP contribution in [0.25, 0.3) is 0 Å². The first-order valence-electron chi connectivity index (χ1n) is 11.7. The first-order chi connectivity index (χ1) is 16.4. The molecule has 2 aromatic rings. The molecule has 2 bridgehead atoms. The number of Topliss-reactive ketones (excluding diaryl/α,β-unsaturated/α-hetero) is 1. The number of carbonyl (C=O) groups excluding carboxylic acids is 2.